The van der Waals surface area contributed by atoms with Gasteiger partial charge in [-0.15, -0.1) is 0 Å². The molecular formula is C17H17FN6O4. The van der Waals surface area contributed by atoms with Crippen LogP contribution in [0.25, 0.3) is 17.2 Å². The van der Waals surface area contributed by atoms with Gasteiger partial charge in [-0.3, -0.25) is 14.2 Å². The molecule has 0 fully saturated rings. The summed E-state index contributed by atoms with van der Waals surface area (Å²) in [5.41, 5.74) is -1.55. The van der Waals surface area contributed by atoms with Crippen LogP contribution in [-0.2, 0) is 7.05 Å². The monoisotopic (exact) mass is 388 g/mol. The van der Waals surface area contributed by atoms with E-state index >= 15 is 0 Å². The Bertz CT molecular complexity index is 1120. The van der Waals surface area contributed by atoms with Crippen LogP contribution in [0.5, 0.6) is 0 Å². The molecule has 28 heavy (non-hydrogen) atoms. The summed E-state index contributed by atoms with van der Waals surface area (Å²) >= 11 is 0. The van der Waals surface area contributed by atoms with Gasteiger partial charge in [-0.25, -0.2) is 9.18 Å². The van der Waals surface area contributed by atoms with Gasteiger partial charge in [-0.05, 0) is 30.7 Å². The second-order valence-electron chi connectivity index (χ2n) is 5.92. The molecule has 0 aliphatic rings. The van der Waals surface area contributed by atoms with Gasteiger partial charge in [0.1, 0.15) is 5.82 Å². The minimum Gasteiger partial charge on any atom is -0.348 e. The summed E-state index contributed by atoms with van der Waals surface area (Å²) in [7, 11) is 1.26. The first-order chi connectivity index (χ1) is 13.4. The van der Waals surface area contributed by atoms with Crippen molar-refractivity contribution in [1.29, 1.82) is 0 Å². The number of halogens is 1. The van der Waals surface area contributed by atoms with Crippen LogP contribution in [0.15, 0.2) is 38.4 Å². The minimum absolute atomic E-state index is 0.239. The largest absolute Gasteiger partial charge is 0.351 e. The molecule has 11 heteroatoms. The molecule has 1 N–H and O–H groups in total. The maximum absolute atomic E-state index is 13.1. The van der Waals surface area contributed by atoms with E-state index in [1.165, 1.54) is 19.2 Å². The standard InChI is InChI=1S/C17H17FN6O4/c1-3-4-9-19-14(25)15-20-13(22-28-15)12-16(26)23(2)17(27)24(21-12)11-7-5-10(18)6-8-11/h5-8H,3-4,9H2,1-2H3,(H,19,25). The van der Waals surface area contributed by atoms with Crippen LogP contribution in [0, 0.1) is 5.82 Å². The minimum atomic E-state index is -0.762. The molecular weight excluding hydrogens is 371 g/mol. The number of amides is 1. The summed E-state index contributed by atoms with van der Waals surface area (Å²) in [4.78, 5) is 40.7. The molecule has 2 aromatic heterocycles. The molecule has 3 aromatic rings. The van der Waals surface area contributed by atoms with Gasteiger partial charge in [-0.2, -0.15) is 14.8 Å². The van der Waals surface area contributed by atoms with E-state index in [1.807, 2.05) is 6.92 Å². The van der Waals surface area contributed by atoms with Crippen LogP contribution in [0.3, 0.4) is 0 Å². The summed E-state index contributed by atoms with van der Waals surface area (Å²) in [5, 5.41) is 10.2. The first kappa shape index (κ1) is 19.1. The fraction of sp³-hybridized carbons (Fsp3) is 0.294. The molecule has 3 rings (SSSR count). The molecule has 0 spiro atoms. The smallest absolute Gasteiger partial charge is 0.348 e. The van der Waals surface area contributed by atoms with Crippen LogP contribution >= 0.6 is 0 Å². The van der Waals surface area contributed by atoms with Gasteiger partial charge in [0.05, 0.1) is 5.69 Å². The van der Waals surface area contributed by atoms with Gasteiger partial charge in [0, 0.05) is 13.6 Å². The lowest BCUT2D eigenvalue weighted by molar-refractivity contribution is 0.0909. The number of aromatic nitrogens is 5. The van der Waals surface area contributed by atoms with Crippen molar-refractivity contribution in [1.82, 2.24) is 29.8 Å². The summed E-state index contributed by atoms with van der Waals surface area (Å²) in [5.74, 6) is -1.62. The predicted octanol–water partition coefficient (Wildman–Crippen LogP) is 0.650. The number of carbonyl (C=O) groups is 1. The van der Waals surface area contributed by atoms with Crippen LogP contribution in [0.2, 0.25) is 0 Å². The highest BCUT2D eigenvalue weighted by Crippen LogP contribution is 2.10. The molecule has 0 unspecified atom stereocenters. The van der Waals surface area contributed by atoms with E-state index < -0.39 is 23.0 Å². The number of benzene rings is 1. The maximum atomic E-state index is 13.1. The Hall–Kier alpha value is -3.63. The van der Waals surface area contributed by atoms with Crippen molar-refractivity contribution in [3.05, 3.63) is 56.8 Å². The van der Waals surface area contributed by atoms with Crippen molar-refractivity contribution in [2.24, 2.45) is 7.05 Å². The highest BCUT2D eigenvalue weighted by Gasteiger charge is 2.21. The Kier molecular flexibility index (Phi) is 5.43. The second kappa shape index (κ2) is 7.94. The summed E-state index contributed by atoms with van der Waals surface area (Å²) in [6, 6.07) is 4.98. The fourth-order valence-electron chi connectivity index (χ4n) is 2.33. The van der Waals surface area contributed by atoms with Crippen LogP contribution in [0.4, 0.5) is 4.39 Å². The quantitative estimate of drug-likeness (QED) is 0.615. The van der Waals surface area contributed by atoms with Crippen LogP contribution in [0.1, 0.15) is 30.5 Å². The average Bonchev–Trinajstić information content (AvgIpc) is 3.17. The number of hydrogen-bond acceptors (Lipinski definition) is 7. The van der Waals surface area contributed by atoms with E-state index in [-0.39, 0.29) is 23.1 Å². The molecule has 2 heterocycles. The fourth-order valence-corrected chi connectivity index (χ4v) is 2.33. The first-order valence-electron chi connectivity index (χ1n) is 8.51. The van der Waals surface area contributed by atoms with Gasteiger partial charge in [-0.1, -0.05) is 18.5 Å². The number of hydrogen-bond donors (Lipinski definition) is 1. The van der Waals surface area contributed by atoms with Crippen molar-refractivity contribution < 1.29 is 13.7 Å². The van der Waals surface area contributed by atoms with E-state index in [9.17, 15) is 18.8 Å². The Morgan fingerprint density at radius 1 is 1.25 bits per heavy atom. The van der Waals surface area contributed by atoms with Crippen LogP contribution in [-0.4, -0.2) is 36.9 Å². The van der Waals surface area contributed by atoms with Gasteiger partial charge in [0.15, 0.2) is 5.69 Å². The number of nitrogens with zero attached hydrogens (tertiary/aromatic N) is 5. The molecule has 0 aliphatic carbocycles. The third-order valence-electron chi connectivity index (χ3n) is 3.89. The molecule has 0 aliphatic heterocycles. The second-order valence-corrected chi connectivity index (χ2v) is 5.92. The zero-order chi connectivity index (χ0) is 20.3. The third kappa shape index (κ3) is 3.72. The van der Waals surface area contributed by atoms with Crippen molar-refractivity contribution in [3.8, 4) is 17.2 Å². The lowest BCUT2D eigenvalue weighted by atomic mass is 10.3. The summed E-state index contributed by atoms with van der Waals surface area (Å²) in [6.07, 6.45) is 1.69. The van der Waals surface area contributed by atoms with Gasteiger partial charge >= 0.3 is 17.5 Å². The molecule has 0 radical (unpaired) electrons. The lowest BCUT2D eigenvalue weighted by Crippen LogP contribution is -2.40. The van der Waals surface area contributed by atoms with Crippen molar-refractivity contribution in [2.45, 2.75) is 19.8 Å². The van der Waals surface area contributed by atoms with Crippen molar-refractivity contribution in [3.63, 3.8) is 0 Å². The van der Waals surface area contributed by atoms with E-state index in [2.05, 4.69) is 20.6 Å². The topological polar surface area (TPSA) is 125 Å². The molecule has 0 saturated carbocycles. The Labute approximate surface area is 157 Å². The molecule has 10 nitrogen and oxygen atoms in total. The Morgan fingerprint density at radius 2 is 1.96 bits per heavy atom. The highest BCUT2D eigenvalue weighted by molar-refractivity contribution is 5.89. The number of carbonyl (C=O) groups excluding carboxylic acids is 1. The SMILES string of the molecule is CCCCNC(=O)c1nc(-c2nn(-c3ccc(F)cc3)c(=O)n(C)c2=O)no1. The predicted molar refractivity (Wildman–Crippen MR) is 95.6 cm³/mol. The molecule has 1 amide bonds. The Balaban J connectivity index is 2.01. The Morgan fingerprint density at radius 3 is 2.64 bits per heavy atom. The molecule has 0 bridgehead atoms. The lowest BCUT2D eigenvalue weighted by Gasteiger charge is -2.07. The number of unbranched alkanes of at least 4 members (excludes halogenated alkanes) is 1. The zero-order valence-electron chi connectivity index (χ0n) is 15.2. The molecule has 0 atom stereocenters. The van der Waals surface area contributed by atoms with E-state index in [0.29, 0.717) is 6.54 Å². The highest BCUT2D eigenvalue weighted by atomic mass is 19.1. The maximum Gasteiger partial charge on any atom is 0.351 e. The molecule has 1 aromatic carbocycles. The first-order valence-corrected chi connectivity index (χ1v) is 8.51. The average molecular weight is 388 g/mol. The summed E-state index contributed by atoms with van der Waals surface area (Å²) < 4.78 is 19.8. The number of nitrogens with one attached hydrogen (secondary N) is 1. The molecule has 0 saturated heterocycles. The molecule has 146 valence electrons. The van der Waals surface area contributed by atoms with Crippen molar-refractivity contribution >= 4 is 5.91 Å². The van der Waals surface area contributed by atoms with Gasteiger partial charge in [0.25, 0.3) is 5.56 Å². The zero-order valence-corrected chi connectivity index (χ0v) is 15.2. The van der Waals surface area contributed by atoms with E-state index in [4.69, 9.17) is 4.52 Å². The summed E-state index contributed by atoms with van der Waals surface area (Å²) in [6.45, 7) is 2.43. The van der Waals surface area contributed by atoms with Gasteiger partial charge in [0.2, 0.25) is 5.82 Å². The third-order valence-corrected chi connectivity index (χ3v) is 3.89. The normalized spacial score (nSPS) is 10.8. The number of rotatable bonds is 6. The van der Waals surface area contributed by atoms with Crippen molar-refractivity contribution in [2.75, 3.05) is 6.54 Å². The van der Waals surface area contributed by atoms with Crippen LogP contribution < -0.4 is 16.6 Å². The van der Waals surface area contributed by atoms with E-state index in [0.717, 1.165) is 34.2 Å². The van der Waals surface area contributed by atoms with E-state index in [1.54, 1.807) is 0 Å². The van der Waals surface area contributed by atoms with Gasteiger partial charge < -0.3 is 9.84 Å².